The maximum Gasteiger partial charge on any atom is 0.0199 e. The van der Waals surface area contributed by atoms with Gasteiger partial charge in [0.2, 0.25) is 0 Å². The van der Waals surface area contributed by atoms with Crippen molar-refractivity contribution >= 4 is 0 Å². The van der Waals surface area contributed by atoms with Crippen molar-refractivity contribution in [2.24, 2.45) is 0 Å². The van der Waals surface area contributed by atoms with Gasteiger partial charge in [-0.1, -0.05) is 74.5 Å². The lowest BCUT2D eigenvalue weighted by Crippen LogP contribution is -1.82. The van der Waals surface area contributed by atoms with E-state index in [1.54, 1.807) is 6.92 Å². The summed E-state index contributed by atoms with van der Waals surface area (Å²) in [5.41, 5.74) is 2.49. The minimum Gasteiger partial charge on any atom is -0.0654 e. The molecule has 0 bridgehead atoms. The van der Waals surface area contributed by atoms with Crippen molar-refractivity contribution in [1.29, 1.82) is 0 Å². The molecule has 2 aromatic rings. The first-order chi connectivity index (χ1) is 7.45. The van der Waals surface area contributed by atoms with E-state index < -0.39 is 0 Å². The Morgan fingerprint density at radius 2 is 1.00 bits per heavy atom. The summed E-state index contributed by atoms with van der Waals surface area (Å²) in [6, 6.07) is 20.7. The molecule has 2 aromatic carbocycles. The zero-order valence-corrected chi connectivity index (χ0v) is 9.06. The molecule has 0 nitrogen and oxygen atoms in total. The van der Waals surface area contributed by atoms with Gasteiger partial charge in [0.15, 0.2) is 0 Å². The number of hydrogen-bond acceptors (Lipinski definition) is 0. The fraction of sp³-hybridized carbons (Fsp3) is 0.0667. The Hall–Kier alpha value is -1.56. The van der Waals surface area contributed by atoms with Gasteiger partial charge in [-0.2, -0.15) is 0 Å². The molecule has 76 valence electrons. The smallest absolute Gasteiger partial charge is 0.0199 e. The monoisotopic (exact) mass is 196 g/mol. The summed E-state index contributed by atoms with van der Waals surface area (Å²) < 4.78 is 0. The molecule has 0 N–H and O–H groups in total. The van der Waals surface area contributed by atoms with Crippen molar-refractivity contribution < 1.29 is 0 Å². The molecule has 0 aliphatic heterocycles. The van der Waals surface area contributed by atoms with E-state index in [1.165, 1.54) is 11.1 Å². The molecule has 0 unspecified atom stereocenters. The zero-order chi connectivity index (χ0) is 10.9. The van der Waals surface area contributed by atoms with Crippen LogP contribution in [0.25, 0.3) is 0 Å². The Labute approximate surface area is 92.6 Å². The molecule has 0 fully saturated rings. The van der Waals surface area contributed by atoms with Gasteiger partial charge < -0.3 is 0 Å². The van der Waals surface area contributed by atoms with E-state index in [4.69, 9.17) is 0 Å². The van der Waals surface area contributed by atoms with Crippen molar-refractivity contribution in [2.75, 3.05) is 0 Å². The van der Waals surface area contributed by atoms with Crippen LogP contribution in [0.2, 0.25) is 0 Å². The van der Waals surface area contributed by atoms with Gasteiger partial charge in [-0.15, -0.1) is 0 Å². The van der Waals surface area contributed by atoms with Crippen LogP contribution in [-0.4, -0.2) is 0 Å². The van der Waals surface area contributed by atoms with Crippen LogP contribution in [0.3, 0.4) is 0 Å². The third kappa shape index (κ3) is 3.99. The standard InChI is InChI=1S/C13H11.C2H5/c1-3-7-12(8-4-1)11-13-9-5-2-6-10-13;1-2/h1-11H;1H2,2H3. The Bertz CT molecular complexity index is 311. The maximum absolute atomic E-state index is 3.25. The molecule has 0 atom stereocenters. The van der Waals surface area contributed by atoms with Gasteiger partial charge in [0, 0.05) is 6.42 Å². The fourth-order valence-corrected chi connectivity index (χ4v) is 1.29. The SMILES string of the molecule is [CH2]C.[CH](c1ccccc1)c1ccccc1. The summed E-state index contributed by atoms with van der Waals surface area (Å²) in [6.45, 7) is 5.00. The second kappa shape index (κ2) is 6.83. The van der Waals surface area contributed by atoms with E-state index in [1.807, 2.05) is 12.1 Å². The van der Waals surface area contributed by atoms with Crippen LogP contribution < -0.4 is 0 Å². The van der Waals surface area contributed by atoms with Crippen molar-refractivity contribution in [3.63, 3.8) is 0 Å². The van der Waals surface area contributed by atoms with E-state index in [9.17, 15) is 0 Å². The van der Waals surface area contributed by atoms with E-state index in [-0.39, 0.29) is 0 Å². The van der Waals surface area contributed by atoms with Gasteiger partial charge in [-0.05, 0) is 11.1 Å². The third-order valence-corrected chi connectivity index (χ3v) is 1.93. The van der Waals surface area contributed by atoms with E-state index in [2.05, 4.69) is 61.9 Å². The fourth-order valence-electron chi connectivity index (χ4n) is 1.29. The van der Waals surface area contributed by atoms with Crippen molar-refractivity contribution in [3.8, 4) is 0 Å². The highest BCUT2D eigenvalue weighted by Gasteiger charge is 1.93. The van der Waals surface area contributed by atoms with Crippen molar-refractivity contribution in [1.82, 2.24) is 0 Å². The first-order valence-corrected chi connectivity index (χ1v) is 5.11. The molecule has 0 aliphatic rings. The lowest BCUT2D eigenvalue weighted by Gasteiger charge is -1.99. The maximum atomic E-state index is 3.25. The lowest BCUT2D eigenvalue weighted by atomic mass is 10.1. The molecule has 0 saturated heterocycles. The normalized spacial score (nSPS) is 8.93. The molecule has 0 spiro atoms. The van der Waals surface area contributed by atoms with Crippen LogP contribution in [-0.2, 0) is 0 Å². The Kier molecular flexibility index (Phi) is 5.24. The van der Waals surface area contributed by atoms with Gasteiger partial charge >= 0.3 is 0 Å². The number of benzene rings is 2. The van der Waals surface area contributed by atoms with E-state index >= 15 is 0 Å². The molecule has 0 aliphatic carbocycles. The Balaban J connectivity index is 0.000000531. The van der Waals surface area contributed by atoms with E-state index in [0.717, 1.165) is 0 Å². The van der Waals surface area contributed by atoms with Gasteiger partial charge in [-0.25, -0.2) is 0 Å². The zero-order valence-electron chi connectivity index (χ0n) is 9.06. The number of rotatable bonds is 2. The van der Waals surface area contributed by atoms with Gasteiger partial charge in [-0.3, -0.25) is 0 Å². The summed E-state index contributed by atoms with van der Waals surface area (Å²) >= 11 is 0. The molecule has 0 amide bonds. The third-order valence-electron chi connectivity index (χ3n) is 1.93. The Morgan fingerprint density at radius 1 is 0.667 bits per heavy atom. The molecular weight excluding hydrogens is 180 g/mol. The Morgan fingerprint density at radius 3 is 1.33 bits per heavy atom. The van der Waals surface area contributed by atoms with Gasteiger partial charge in [0.1, 0.15) is 0 Å². The first-order valence-electron chi connectivity index (χ1n) is 5.11. The molecule has 0 aromatic heterocycles. The molecular formula is C15H16. The summed E-state index contributed by atoms with van der Waals surface area (Å²) in [5.74, 6) is 0. The number of hydrogen-bond donors (Lipinski definition) is 0. The minimum atomic E-state index is 1.24. The summed E-state index contributed by atoms with van der Waals surface area (Å²) in [7, 11) is 0. The van der Waals surface area contributed by atoms with Gasteiger partial charge in [0.05, 0.1) is 0 Å². The summed E-state index contributed by atoms with van der Waals surface area (Å²) in [4.78, 5) is 0. The predicted molar refractivity (Wildman–Crippen MR) is 66.4 cm³/mol. The van der Waals surface area contributed by atoms with Crippen LogP contribution in [0.5, 0.6) is 0 Å². The molecule has 2 rings (SSSR count). The highest BCUT2D eigenvalue weighted by Crippen LogP contribution is 2.10. The molecule has 2 radical (unpaired) electrons. The molecule has 0 heterocycles. The summed E-state index contributed by atoms with van der Waals surface area (Å²) in [6.07, 6.45) is 2.17. The minimum absolute atomic E-state index is 1.24. The highest BCUT2D eigenvalue weighted by atomic mass is 14.0. The highest BCUT2D eigenvalue weighted by molar-refractivity contribution is 5.36. The van der Waals surface area contributed by atoms with Gasteiger partial charge in [0.25, 0.3) is 0 Å². The average Bonchev–Trinajstić information content (AvgIpc) is 2.34. The van der Waals surface area contributed by atoms with Crippen LogP contribution in [0.1, 0.15) is 18.1 Å². The average molecular weight is 196 g/mol. The summed E-state index contributed by atoms with van der Waals surface area (Å²) in [5, 5.41) is 0. The molecule has 0 saturated carbocycles. The lowest BCUT2D eigenvalue weighted by molar-refractivity contribution is 1.43. The largest absolute Gasteiger partial charge is 0.0654 e. The first kappa shape index (κ1) is 11.5. The van der Waals surface area contributed by atoms with E-state index in [0.29, 0.717) is 0 Å². The van der Waals surface area contributed by atoms with Crippen LogP contribution in [0.15, 0.2) is 60.7 Å². The second-order valence-corrected chi connectivity index (χ2v) is 2.97. The van der Waals surface area contributed by atoms with Crippen molar-refractivity contribution in [3.05, 3.63) is 85.1 Å². The second-order valence-electron chi connectivity index (χ2n) is 2.97. The van der Waals surface area contributed by atoms with Crippen LogP contribution in [0, 0.1) is 13.3 Å². The molecule has 0 heteroatoms. The van der Waals surface area contributed by atoms with Crippen molar-refractivity contribution in [2.45, 2.75) is 6.92 Å². The topological polar surface area (TPSA) is 0 Å². The van der Waals surface area contributed by atoms with Crippen LogP contribution >= 0.6 is 0 Å². The quantitative estimate of drug-likeness (QED) is 0.677. The predicted octanol–water partition coefficient (Wildman–Crippen LogP) is 4.13. The van der Waals surface area contributed by atoms with Crippen LogP contribution in [0.4, 0.5) is 0 Å². The molecule has 15 heavy (non-hydrogen) atoms.